The van der Waals surface area contributed by atoms with Gasteiger partial charge < -0.3 is 15.0 Å². The number of esters is 1. The fourth-order valence-electron chi connectivity index (χ4n) is 3.47. The molecule has 8 heteroatoms. The number of anilines is 1. The van der Waals surface area contributed by atoms with Crippen LogP contribution in [0.4, 0.5) is 5.69 Å². The minimum atomic E-state index is -0.531. The van der Waals surface area contributed by atoms with Crippen LogP contribution in [0.1, 0.15) is 21.5 Å². The third-order valence-electron chi connectivity index (χ3n) is 5.22. The van der Waals surface area contributed by atoms with E-state index in [4.69, 9.17) is 4.74 Å². The Balaban J connectivity index is 1.42. The lowest BCUT2D eigenvalue weighted by molar-refractivity contribution is -0.136. The highest BCUT2D eigenvalue weighted by molar-refractivity contribution is 9.10. The molecule has 1 fully saturated rings. The van der Waals surface area contributed by atoms with Gasteiger partial charge in [-0.1, -0.05) is 40.2 Å². The van der Waals surface area contributed by atoms with Crippen molar-refractivity contribution in [3.8, 4) is 0 Å². The summed E-state index contributed by atoms with van der Waals surface area (Å²) in [4.78, 5) is 40.6. The van der Waals surface area contributed by atoms with Gasteiger partial charge in [0.25, 0.3) is 5.91 Å². The summed E-state index contributed by atoms with van der Waals surface area (Å²) >= 11 is 3.30. The molecule has 164 valence electrons. The number of para-hydroxylation sites is 1. The molecule has 0 aliphatic carbocycles. The largest absolute Gasteiger partial charge is 0.452 e. The standard InChI is InChI=1S/C23H26BrN3O4/c1-16-5-3-6-17(2)22(16)25-20(28)14-26-9-11-27(12-10-26)21(29)15-31-23(30)18-7-4-8-19(24)13-18/h3-8,13H,9-12,14-15H2,1-2H3,(H,25,28). The number of hydrogen-bond donors (Lipinski definition) is 1. The summed E-state index contributed by atoms with van der Waals surface area (Å²) in [7, 11) is 0. The lowest BCUT2D eigenvalue weighted by Gasteiger charge is -2.34. The Hall–Kier alpha value is -2.71. The Labute approximate surface area is 190 Å². The minimum Gasteiger partial charge on any atom is -0.452 e. The maximum atomic E-state index is 12.4. The second kappa shape index (κ2) is 10.5. The first-order valence-corrected chi connectivity index (χ1v) is 10.9. The van der Waals surface area contributed by atoms with E-state index in [-0.39, 0.29) is 25.0 Å². The zero-order valence-electron chi connectivity index (χ0n) is 17.7. The molecule has 2 amide bonds. The number of ether oxygens (including phenoxy) is 1. The van der Waals surface area contributed by atoms with Crippen LogP contribution in [0.25, 0.3) is 0 Å². The van der Waals surface area contributed by atoms with E-state index in [9.17, 15) is 14.4 Å². The normalized spacial score (nSPS) is 14.2. The average Bonchev–Trinajstić information content (AvgIpc) is 2.75. The number of nitrogens with zero attached hydrogens (tertiary/aromatic N) is 2. The summed E-state index contributed by atoms with van der Waals surface area (Å²) in [6.45, 7) is 6.07. The van der Waals surface area contributed by atoms with E-state index in [1.165, 1.54) is 0 Å². The van der Waals surface area contributed by atoms with Crippen LogP contribution in [0, 0.1) is 13.8 Å². The molecule has 1 aliphatic heterocycles. The predicted molar refractivity (Wildman–Crippen MR) is 122 cm³/mol. The molecule has 3 rings (SSSR count). The fourth-order valence-corrected chi connectivity index (χ4v) is 3.87. The third-order valence-corrected chi connectivity index (χ3v) is 5.72. The number of piperazine rings is 1. The molecular weight excluding hydrogens is 462 g/mol. The first-order chi connectivity index (χ1) is 14.8. The van der Waals surface area contributed by atoms with Crippen LogP contribution in [-0.2, 0) is 14.3 Å². The number of benzene rings is 2. The molecule has 0 saturated carbocycles. The summed E-state index contributed by atoms with van der Waals surface area (Å²) in [6.07, 6.45) is 0. The molecule has 0 unspecified atom stereocenters. The smallest absolute Gasteiger partial charge is 0.338 e. The molecule has 0 atom stereocenters. The van der Waals surface area contributed by atoms with Crippen molar-refractivity contribution in [1.82, 2.24) is 9.80 Å². The number of amides is 2. The van der Waals surface area contributed by atoms with Crippen LogP contribution >= 0.6 is 15.9 Å². The summed E-state index contributed by atoms with van der Waals surface area (Å²) in [5, 5.41) is 2.99. The van der Waals surface area contributed by atoms with E-state index < -0.39 is 5.97 Å². The second-order valence-corrected chi connectivity index (χ2v) is 8.47. The van der Waals surface area contributed by atoms with E-state index in [1.54, 1.807) is 23.1 Å². The van der Waals surface area contributed by atoms with Gasteiger partial charge in [0, 0.05) is 36.3 Å². The molecule has 1 N–H and O–H groups in total. The Kier molecular flexibility index (Phi) is 7.81. The van der Waals surface area contributed by atoms with Crippen molar-refractivity contribution in [2.24, 2.45) is 0 Å². The number of carbonyl (C=O) groups excluding carboxylic acids is 3. The van der Waals surface area contributed by atoms with Gasteiger partial charge in [-0.25, -0.2) is 4.79 Å². The second-order valence-electron chi connectivity index (χ2n) is 7.56. The molecule has 0 aromatic heterocycles. The Bertz CT molecular complexity index is 951. The molecule has 1 saturated heterocycles. The lowest BCUT2D eigenvalue weighted by Crippen LogP contribution is -2.51. The number of nitrogens with one attached hydrogen (secondary N) is 1. The minimum absolute atomic E-state index is 0.0693. The quantitative estimate of drug-likeness (QED) is 0.633. The lowest BCUT2D eigenvalue weighted by atomic mass is 10.1. The van der Waals surface area contributed by atoms with Crippen molar-refractivity contribution >= 4 is 39.4 Å². The Morgan fingerprint density at radius 3 is 2.29 bits per heavy atom. The third kappa shape index (κ3) is 6.38. The van der Waals surface area contributed by atoms with Crippen molar-refractivity contribution < 1.29 is 19.1 Å². The van der Waals surface area contributed by atoms with Crippen molar-refractivity contribution in [1.29, 1.82) is 0 Å². The zero-order valence-corrected chi connectivity index (χ0v) is 19.3. The zero-order chi connectivity index (χ0) is 22.4. The molecule has 31 heavy (non-hydrogen) atoms. The van der Waals surface area contributed by atoms with Crippen LogP contribution in [0.3, 0.4) is 0 Å². The number of halogens is 1. The van der Waals surface area contributed by atoms with Crippen LogP contribution in [0.5, 0.6) is 0 Å². The topological polar surface area (TPSA) is 79.0 Å². The first-order valence-electron chi connectivity index (χ1n) is 10.1. The average molecular weight is 488 g/mol. The van der Waals surface area contributed by atoms with Crippen molar-refractivity contribution in [2.45, 2.75) is 13.8 Å². The molecule has 0 radical (unpaired) electrons. The Morgan fingerprint density at radius 1 is 1.00 bits per heavy atom. The summed E-state index contributed by atoms with van der Waals surface area (Å²) in [5.41, 5.74) is 3.30. The van der Waals surface area contributed by atoms with Gasteiger partial charge in [-0.3, -0.25) is 14.5 Å². The van der Waals surface area contributed by atoms with Gasteiger partial charge in [-0.15, -0.1) is 0 Å². The molecule has 7 nitrogen and oxygen atoms in total. The van der Waals surface area contributed by atoms with Gasteiger partial charge in [0.05, 0.1) is 12.1 Å². The maximum Gasteiger partial charge on any atom is 0.338 e. The molecular formula is C23H26BrN3O4. The fraction of sp³-hybridized carbons (Fsp3) is 0.348. The van der Waals surface area contributed by atoms with Gasteiger partial charge in [-0.05, 0) is 43.2 Å². The monoisotopic (exact) mass is 487 g/mol. The molecule has 1 aliphatic rings. The van der Waals surface area contributed by atoms with E-state index in [0.29, 0.717) is 31.7 Å². The molecule has 1 heterocycles. The van der Waals surface area contributed by atoms with Crippen LogP contribution in [-0.4, -0.2) is 66.9 Å². The SMILES string of the molecule is Cc1cccc(C)c1NC(=O)CN1CCN(C(=O)COC(=O)c2cccc(Br)c2)CC1. The highest BCUT2D eigenvalue weighted by Crippen LogP contribution is 2.19. The molecule has 0 spiro atoms. The van der Waals surface area contributed by atoms with Gasteiger partial charge in [0.15, 0.2) is 6.61 Å². The van der Waals surface area contributed by atoms with Gasteiger partial charge in [0.1, 0.15) is 0 Å². The van der Waals surface area contributed by atoms with E-state index in [1.807, 2.05) is 43.0 Å². The van der Waals surface area contributed by atoms with Crippen molar-refractivity contribution in [3.05, 3.63) is 63.6 Å². The Morgan fingerprint density at radius 2 is 1.65 bits per heavy atom. The highest BCUT2D eigenvalue weighted by atomic mass is 79.9. The molecule has 2 aromatic carbocycles. The number of carbonyl (C=O) groups is 3. The predicted octanol–water partition coefficient (Wildman–Crippen LogP) is 3.01. The van der Waals surface area contributed by atoms with E-state index in [2.05, 4.69) is 21.2 Å². The van der Waals surface area contributed by atoms with E-state index in [0.717, 1.165) is 21.3 Å². The van der Waals surface area contributed by atoms with Gasteiger partial charge >= 0.3 is 5.97 Å². The van der Waals surface area contributed by atoms with E-state index >= 15 is 0 Å². The first kappa shape index (κ1) is 23.0. The number of rotatable bonds is 6. The van der Waals surface area contributed by atoms with Crippen LogP contribution < -0.4 is 5.32 Å². The maximum absolute atomic E-state index is 12.4. The summed E-state index contributed by atoms with van der Waals surface area (Å²) in [6, 6.07) is 12.7. The van der Waals surface area contributed by atoms with Gasteiger partial charge in [0.2, 0.25) is 5.91 Å². The number of aryl methyl sites for hydroxylation is 2. The summed E-state index contributed by atoms with van der Waals surface area (Å²) < 4.78 is 5.92. The van der Waals surface area contributed by atoms with Crippen LogP contribution in [0.15, 0.2) is 46.9 Å². The summed E-state index contributed by atoms with van der Waals surface area (Å²) in [5.74, 6) is -0.834. The van der Waals surface area contributed by atoms with Crippen LogP contribution in [0.2, 0.25) is 0 Å². The number of hydrogen-bond acceptors (Lipinski definition) is 5. The molecule has 2 aromatic rings. The highest BCUT2D eigenvalue weighted by Gasteiger charge is 2.23. The molecule has 0 bridgehead atoms. The van der Waals surface area contributed by atoms with Gasteiger partial charge in [-0.2, -0.15) is 0 Å². The van der Waals surface area contributed by atoms with Crippen molar-refractivity contribution in [2.75, 3.05) is 44.6 Å². The van der Waals surface area contributed by atoms with Crippen molar-refractivity contribution in [3.63, 3.8) is 0 Å².